The van der Waals surface area contributed by atoms with E-state index < -0.39 is 0 Å². The maximum Gasteiger partial charge on any atom is 0.339 e. The molecular formula is C22H19N3O2. The minimum absolute atomic E-state index is 0.324. The Balaban J connectivity index is 1.97. The molecule has 2 aromatic carbocycles. The third-order valence-corrected chi connectivity index (χ3v) is 4.33. The summed E-state index contributed by atoms with van der Waals surface area (Å²) in [6.45, 7) is 4.16. The monoisotopic (exact) mass is 357 g/mol. The summed E-state index contributed by atoms with van der Waals surface area (Å²) in [6.07, 6.45) is 1.54. The molecule has 0 unspecified atom stereocenters. The van der Waals surface area contributed by atoms with E-state index in [4.69, 9.17) is 9.84 Å². The molecule has 0 amide bonds. The van der Waals surface area contributed by atoms with E-state index >= 15 is 0 Å². The molecule has 0 saturated carbocycles. The fraction of sp³-hybridized carbons (Fsp3) is 0.136. The number of carbonyl (C=O) groups is 1. The maximum atomic E-state index is 12.2. The third-order valence-electron chi connectivity index (χ3n) is 4.33. The lowest BCUT2D eigenvalue weighted by Gasteiger charge is -2.03. The first-order chi connectivity index (χ1) is 13.2. The Kier molecular flexibility index (Phi) is 4.42. The zero-order chi connectivity index (χ0) is 18.8. The van der Waals surface area contributed by atoms with Crippen LogP contribution in [-0.4, -0.2) is 27.3 Å². The predicted molar refractivity (Wildman–Crippen MR) is 105 cm³/mol. The van der Waals surface area contributed by atoms with Gasteiger partial charge < -0.3 is 4.74 Å². The van der Waals surface area contributed by atoms with Gasteiger partial charge in [-0.05, 0) is 38.1 Å². The van der Waals surface area contributed by atoms with Gasteiger partial charge in [-0.3, -0.25) is 0 Å². The summed E-state index contributed by atoms with van der Waals surface area (Å²) in [5, 5.41) is 5.63. The van der Waals surface area contributed by atoms with E-state index in [0.717, 1.165) is 27.9 Å². The first-order valence-electron chi connectivity index (χ1n) is 8.85. The van der Waals surface area contributed by atoms with Gasteiger partial charge in [0.2, 0.25) is 0 Å². The summed E-state index contributed by atoms with van der Waals surface area (Å²) in [6, 6.07) is 19.8. The van der Waals surface area contributed by atoms with Crippen molar-refractivity contribution in [3.8, 4) is 16.9 Å². The van der Waals surface area contributed by atoms with Crippen molar-refractivity contribution in [1.29, 1.82) is 0 Å². The molecule has 134 valence electrons. The Bertz CT molecular complexity index is 1120. The number of ether oxygens (including phenoxy) is 1. The lowest BCUT2D eigenvalue weighted by atomic mass is 10.1. The van der Waals surface area contributed by atoms with Crippen molar-refractivity contribution < 1.29 is 9.53 Å². The summed E-state index contributed by atoms with van der Waals surface area (Å²) in [5.41, 5.74) is 4.95. The highest BCUT2D eigenvalue weighted by Crippen LogP contribution is 2.30. The molecular weight excluding hydrogens is 338 g/mol. The highest BCUT2D eigenvalue weighted by atomic mass is 16.5. The zero-order valence-electron chi connectivity index (χ0n) is 15.2. The second kappa shape index (κ2) is 7.03. The van der Waals surface area contributed by atoms with E-state index in [9.17, 15) is 4.79 Å². The van der Waals surface area contributed by atoms with Crippen molar-refractivity contribution >= 4 is 17.0 Å². The Morgan fingerprint density at radius 3 is 2.63 bits per heavy atom. The van der Waals surface area contributed by atoms with E-state index in [0.29, 0.717) is 17.8 Å². The van der Waals surface area contributed by atoms with Crippen LogP contribution in [0.5, 0.6) is 0 Å². The average Bonchev–Trinajstić information content (AvgIpc) is 3.08. The van der Waals surface area contributed by atoms with Gasteiger partial charge in [0.15, 0.2) is 5.65 Å². The SMILES string of the molecule is CCOC(=O)c1cnc2c(c1)c(-c1cccc(C)c1)nn2-c1ccccc1. The highest BCUT2D eigenvalue weighted by molar-refractivity contribution is 5.98. The van der Waals surface area contributed by atoms with Gasteiger partial charge in [0.1, 0.15) is 5.69 Å². The van der Waals surface area contributed by atoms with Crippen LogP contribution in [0.3, 0.4) is 0 Å². The molecule has 0 aliphatic carbocycles. The Morgan fingerprint density at radius 1 is 1.07 bits per heavy atom. The van der Waals surface area contributed by atoms with Gasteiger partial charge in [0, 0.05) is 17.1 Å². The van der Waals surface area contributed by atoms with Gasteiger partial charge in [-0.1, -0.05) is 42.0 Å². The van der Waals surface area contributed by atoms with Crippen LogP contribution in [-0.2, 0) is 4.74 Å². The van der Waals surface area contributed by atoms with Crippen LogP contribution >= 0.6 is 0 Å². The number of hydrogen-bond donors (Lipinski definition) is 0. The lowest BCUT2D eigenvalue weighted by molar-refractivity contribution is 0.0526. The second-order valence-corrected chi connectivity index (χ2v) is 6.28. The van der Waals surface area contributed by atoms with Crippen LogP contribution in [0.2, 0.25) is 0 Å². The van der Waals surface area contributed by atoms with Crippen LogP contribution < -0.4 is 0 Å². The number of carbonyl (C=O) groups excluding carboxylic acids is 1. The minimum Gasteiger partial charge on any atom is -0.462 e. The molecule has 5 nitrogen and oxygen atoms in total. The minimum atomic E-state index is -0.380. The highest BCUT2D eigenvalue weighted by Gasteiger charge is 2.18. The second-order valence-electron chi connectivity index (χ2n) is 6.28. The first kappa shape index (κ1) is 17.0. The number of para-hydroxylation sites is 1. The smallest absolute Gasteiger partial charge is 0.339 e. The van der Waals surface area contributed by atoms with Gasteiger partial charge in [0.25, 0.3) is 0 Å². The molecule has 27 heavy (non-hydrogen) atoms. The van der Waals surface area contributed by atoms with Crippen molar-refractivity contribution in [3.63, 3.8) is 0 Å². The van der Waals surface area contributed by atoms with E-state index in [2.05, 4.69) is 11.1 Å². The number of pyridine rings is 1. The number of nitrogens with zero attached hydrogens (tertiary/aromatic N) is 3. The van der Waals surface area contributed by atoms with E-state index in [1.54, 1.807) is 13.1 Å². The van der Waals surface area contributed by atoms with Crippen molar-refractivity contribution in [1.82, 2.24) is 14.8 Å². The quantitative estimate of drug-likeness (QED) is 0.502. The molecule has 0 radical (unpaired) electrons. The summed E-state index contributed by atoms with van der Waals surface area (Å²) >= 11 is 0. The van der Waals surface area contributed by atoms with Crippen LogP contribution in [0, 0.1) is 6.92 Å². The number of fused-ring (bicyclic) bond motifs is 1. The van der Waals surface area contributed by atoms with Crippen LogP contribution in [0.15, 0.2) is 66.9 Å². The van der Waals surface area contributed by atoms with Crippen molar-refractivity contribution in [3.05, 3.63) is 78.0 Å². The molecule has 0 N–H and O–H groups in total. The summed E-state index contributed by atoms with van der Waals surface area (Å²) in [4.78, 5) is 16.7. The molecule has 4 aromatic rings. The van der Waals surface area contributed by atoms with Crippen LogP contribution in [0.4, 0.5) is 0 Å². The number of benzene rings is 2. The molecule has 0 spiro atoms. The Labute approximate surface area is 157 Å². The number of rotatable bonds is 4. The largest absolute Gasteiger partial charge is 0.462 e. The van der Waals surface area contributed by atoms with E-state index in [-0.39, 0.29) is 5.97 Å². The molecule has 2 aromatic heterocycles. The van der Waals surface area contributed by atoms with Crippen LogP contribution in [0.1, 0.15) is 22.8 Å². The number of aromatic nitrogens is 3. The Hall–Kier alpha value is -3.47. The fourth-order valence-corrected chi connectivity index (χ4v) is 3.08. The molecule has 0 atom stereocenters. The van der Waals surface area contributed by atoms with E-state index in [1.165, 1.54) is 0 Å². The Morgan fingerprint density at radius 2 is 1.89 bits per heavy atom. The van der Waals surface area contributed by atoms with Crippen molar-refractivity contribution in [2.45, 2.75) is 13.8 Å². The topological polar surface area (TPSA) is 57.0 Å². The summed E-state index contributed by atoms with van der Waals surface area (Å²) in [5.74, 6) is -0.380. The van der Waals surface area contributed by atoms with E-state index in [1.807, 2.05) is 66.2 Å². The molecule has 0 saturated heterocycles. The maximum absolute atomic E-state index is 12.2. The molecule has 0 aliphatic rings. The van der Waals surface area contributed by atoms with Gasteiger partial charge in [-0.15, -0.1) is 0 Å². The van der Waals surface area contributed by atoms with Crippen LogP contribution in [0.25, 0.3) is 28.0 Å². The standard InChI is InChI=1S/C22H19N3O2/c1-3-27-22(26)17-13-19-20(16-9-7-8-15(2)12-16)24-25(21(19)23-14-17)18-10-5-4-6-11-18/h4-14H,3H2,1-2H3. The summed E-state index contributed by atoms with van der Waals surface area (Å²) < 4.78 is 6.93. The molecule has 5 heteroatoms. The van der Waals surface area contributed by atoms with Gasteiger partial charge in [0.05, 0.1) is 17.9 Å². The fourth-order valence-electron chi connectivity index (χ4n) is 3.08. The molecule has 2 heterocycles. The van der Waals surface area contributed by atoms with Gasteiger partial charge >= 0.3 is 5.97 Å². The molecule has 0 aliphatic heterocycles. The first-order valence-corrected chi connectivity index (χ1v) is 8.85. The van der Waals surface area contributed by atoms with Crippen molar-refractivity contribution in [2.75, 3.05) is 6.61 Å². The lowest BCUT2D eigenvalue weighted by Crippen LogP contribution is -2.05. The molecule has 0 fully saturated rings. The number of esters is 1. The average molecular weight is 357 g/mol. The summed E-state index contributed by atoms with van der Waals surface area (Å²) in [7, 11) is 0. The third kappa shape index (κ3) is 3.19. The molecule has 4 rings (SSSR count). The normalized spacial score (nSPS) is 10.9. The zero-order valence-corrected chi connectivity index (χ0v) is 15.2. The number of hydrogen-bond acceptors (Lipinski definition) is 4. The van der Waals surface area contributed by atoms with Gasteiger partial charge in [-0.2, -0.15) is 5.10 Å². The van der Waals surface area contributed by atoms with Crippen molar-refractivity contribution in [2.24, 2.45) is 0 Å². The predicted octanol–water partition coefficient (Wildman–Crippen LogP) is 4.57. The number of aryl methyl sites for hydroxylation is 1. The molecule has 0 bridgehead atoms. The van der Waals surface area contributed by atoms with Gasteiger partial charge in [-0.25, -0.2) is 14.5 Å².